The summed E-state index contributed by atoms with van der Waals surface area (Å²) >= 11 is 0. The van der Waals surface area contributed by atoms with Crippen molar-refractivity contribution < 1.29 is 19.4 Å². The summed E-state index contributed by atoms with van der Waals surface area (Å²) in [6, 6.07) is 15.8. The highest BCUT2D eigenvalue weighted by Gasteiger charge is 2.18. The van der Waals surface area contributed by atoms with Crippen LogP contribution in [-0.4, -0.2) is 23.1 Å². The van der Waals surface area contributed by atoms with Crippen LogP contribution in [0, 0.1) is 0 Å². The van der Waals surface area contributed by atoms with E-state index in [0.29, 0.717) is 18.7 Å². The summed E-state index contributed by atoms with van der Waals surface area (Å²) in [6.45, 7) is 1.63. The molecular weight excluding hydrogens is 294 g/mol. The van der Waals surface area contributed by atoms with Crippen molar-refractivity contribution in [3.05, 3.63) is 65.7 Å². The molecule has 23 heavy (non-hydrogen) atoms. The molecule has 1 unspecified atom stereocenters. The maximum atomic E-state index is 11.4. The molecule has 0 aromatic heterocycles. The summed E-state index contributed by atoms with van der Waals surface area (Å²) in [7, 11) is 0. The average molecular weight is 313 g/mol. The zero-order valence-corrected chi connectivity index (χ0v) is 12.9. The first-order valence-electron chi connectivity index (χ1n) is 7.32. The first kappa shape index (κ1) is 16.7. The van der Waals surface area contributed by atoms with Crippen molar-refractivity contribution in [3.8, 4) is 5.75 Å². The van der Waals surface area contributed by atoms with Gasteiger partial charge in [-0.1, -0.05) is 48.5 Å². The largest absolute Gasteiger partial charge is 0.480 e. The standard InChI is InChI=1S/C18H19NO4/c1-13(20)23-17-10-6-5-9-15(17)12-19-16(18(21)22)11-14-7-3-2-4-8-14/h2-10,16,19H,11-12H2,1H3,(H,21,22). The molecule has 0 saturated heterocycles. The highest BCUT2D eigenvalue weighted by molar-refractivity contribution is 5.74. The van der Waals surface area contributed by atoms with Gasteiger partial charge in [0.15, 0.2) is 0 Å². The number of carbonyl (C=O) groups excluding carboxylic acids is 1. The second kappa shape index (κ2) is 8.10. The quantitative estimate of drug-likeness (QED) is 0.606. The molecule has 0 saturated carbocycles. The summed E-state index contributed by atoms with van der Waals surface area (Å²) in [5.41, 5.74) is 1.68. The van der Waals surface area contributed by atoms with Crippen molar-refractivity contribution >= 4 is 11.9 Å². The second-order valence-corrected chi connectivity index (χ2v) is 5.16. The molecule has 0 aliphatic carbocycles. The summed E-state index contributed by atoms with van der Waals surface area (Å²) in [6.07, 6.45) is 0.381. The third-order valence-corrected chi connectivity index (χ3v) is 3.35. The Labute approximate surface area is 134 Å². The van der Waals surface area contributed by atoms with Gasteiger partial charge in [-0.3, -0.25) is 14.9 Å². The third-order valence-electron chi connectivity index (χ3n) is 3.35. The third kappa shape index (κ3) is 5.23. The minimum Gasteiger partial charge on any atom is -0.480 e. The Bertz CT molecular complexity index is 670. The molecule has 0 aliphatic heterocycles. The predicted octanol–water partition coefficient (Wildman–Crippen LogP) is 2.40. The molecule has 0 bridgehead atoms. The van der Waals surface area contributed by atoms with Gasteiger partial charge in [-0.05, 0) is 18.1 Å². The average Bonchev–Trinajstić information content (AvgIpc) is 2.53. The molecule has 0 amide bonds. The van der Waals surface area contributed by atoms with Crippen molar-refractivity contribution in [2.45, 2.75) is 25.9 Å². The number of para-hydroxylation sites is 1. The number of nitrogens with one attached hydrogen (secondary N) is 1. The fourth-order valence-electron chi connectivity index (χ4n) is 2.23. The van der Waals surface area contributed by atoms with Crippen LogP contribution in [0.2, 0.25) is 0 Å². The molecular formula is C18H19NO4. The molecule has 2 aromatic rings. The zero-order valence-electron chi connectivity index (χ0n) is 12.9. The first-order chi connectivity index (χ1) is 11.1. The highest BCUT2D eigenvalue weighted by Crippen LogP contribution is 2.18. The van der Waals surface area contributed by atoms with Crippen molar-refractivity contribution in [1.82, 2.24) is 5.32 Å². The number of carbonyl (C=O) groups is 2. The van der Waals surface area contributed by atoms with Crippen LogP contribution in [-0.2, 0) is 22.6 Å². The summed E-state index contributed by atoms with van der Waals surface area (Å²) < 4.78 is 5.13. The van der Waals surface area contributed by atoms with Crippen LogP contribution in [0.5, 0.6) is 5.75 Å². The van der Waals surface area contributed by atoms with E-state index in [1.54, 1.807) is 18.2 Å². The van der Waals surface area contributed by atoms with E-state index in [-0.39, 0.29) is 0 Å². The van der Waals surface area contributed by atoms with Gasteiger partial charge in [-0.2, -0.15) is 0 Å². The van der Waals surface area contributed by atoms with Crippen LogP contribution < -0.4 is 10.1 Å². The van der Waals surface area contributed by atoms with Crippen LogP contribution in [0.4, 0.5) is 0 Å². The predicted molar refractivity (Wildman–Crippen MR) is 86.2 cm³/mol. The van der Waals surface area contributed by atoms with E-state index in [4.69, 9.17) is 4.74 Å². The van der Waals surface area contributed by atoms with Crippen LogP contribution in [0.1, 0.15) is 18.1 Å². The maximum absolute atomic E-state index is 11.4. The molecule has 5 heteroatoms. The Morgan fingerprint density at radius 2 is 1.74 bits per heavy atom. The van der Waals surface area contributed by atoms with E-state index in [1.807, 2.05) is 36.4 Å². The molecule has 0 spiro atoms. The Morgan fingerprint density at radius 3 is 2.39 bits per heavy atom. The monoisotopic (exact) mass is 313 g/mol. The number of esters is 1. The smallest absolute Gasteiger partial charge is 0.321 e. The van der Waals surface area contributed by atoms with Crippen molar-refractivity contribution in [3.63, 3.8) is 0 Å². The minimum atomic E-state index is -0.918. The normalized spacial score (nSPS) is 11.7. The molecule has 0 aliphatic rings. The lowest BCUT2D eigenvalue weighted by atomic mass is 10.1. The Balaban J connectivity index is 2.05. The summed E-state index contributed by atoms with van der Waals surface area (Å²) in [5, 5.41) is 12.4. The van der Waals surface area contributed by atoms with Gasteiger partial charge in [0.1, 0.15) is 11.8 Å². The lowest BCUT2D eigenvalue weighted by molar-refractivity contribution is -0.139. The van der Waals surface area contributed by atoms with Crippen LogP contribution in [0.25, 0.3) is 0 Å². The van der Waals surface area contributed by atoms with Gasteiger partial charge < -0.3 is 9.84 Å². The van der Waals surface area contributed by atoms with Crippen molar-refractivity contribution in [2.24, 2.45) is 0 Å². The molecule has 2 N–H and O–H groups in total. The number of carboxylic acids is 1. The molecule has 2 aromatic carbocycles. The van der Waals surface area contributed by atoms with Gasteiger partial charge in [-0.15, -0.1) is 0 Å². The number of hydrogen-bond acceptors (Lipinski definition) is 4. The topological polar surface area (TPSA) is 75.6 Å². The van der Waals surface area contributed by atoms with Gasteiger partial charge in [0.25, 0.3) is 0 Å². The molecule has 0 radical (unpaired) electrons. The number of ether oxygens (including phenoxy) is 1. The van der Waals surface area contributed by atoms with E-state index in [0.717, 1.165) is 11.1 Å². The Morgan fingerprint density at radius 1 is 1.09 bits per heavy atom. The van der Waals surface area contributed by atoms with Crippen LogP contribution >= 0.6 is 0 Å². The number of hydrogen-bond donors (Lipinski definition) is 2. The van der Waals surface area contributed by atoms with Gasteiger partial charge >= 0.3 is 11.9 Å². The van der Waals surface area contributed by atoms with Crippen LogP contribution in [0.15, 0.2) is 54.6 Å². The van der Waals surface area contributed by atoms with E-state index in [1.165, 1.54) is 6.92 Å². The fourth-order valence-corrected chi connectivity index (χ4v) is 2.23. The summed E-state index contributed by atoms with van der Waals surface area (Å²) in [4.78, 5) is 22.6. The van der Waals surface area contributed by atoms with Crippen molar-refractivity contribution in [2.75, 3.05) is 0 Å². The first-order valence-corrected chi connectivity index (χ1v) is 7.32. The van der Waals surface area contributed by atoms with Gasteiger partial charge in [0, 0.05) is 19.0 Å². The van der Waals surface area contributed by atoms with E-state index < -0.39 is 18.0 Å². The van der Waals surface area contributed by atoms with Gasteiger partial charge in [0.2, 0.25) is 0 Å². The molecule has 120 valence electrons. The molecule has 5 nitrogen and oxygen atoms in total. The van der Waals surface area contributed by atoms with Crippen LogP contribution in [0.3, 0.4) is 0 Å². The van der Waals surface area contributed by atoms with Crippen molar-refractivity contribution in [1.29, 1.82) is 0 Å². The lowest BCUT2D eigenvalue weighted by Crippen LogP contribution is -2.38. The molecule has 1 atom stereocenters. The minimum absolute atomic E-state index is 0.299. The van der Waals surface area contributed by atoms with E-state index in [2.05, 4.69) is 5.32 Å². The van der Waals surface area contributed by atoms with Gasteiger partial charge in [0.05, 0.1) is 0 Å². The molecule has 0 heterocycles. The van der Waals surface area contributed by atoms with E-state index in [9.17, 15) is 14.7 Å². The van der Waals surface area contributed by atoms with Gasteiger partial charge in [-0.25, -0.2) is 0 Å². The number of aliphatic carboxylic acids is 1. The Hall–Kier alpha value is -2.66. The maximum Gasteiger partial charge on any atom is 0.321 e. The summed E-state index contributed by atoms with van der Waals surface area (Å²) in [5.74, 6) is -0.883. The lowest BCUT2D eigenvalue weighted by Gasteiger charge is -2.16. The number of rotatable bonds is 7. The highest BCUT2D eigenvalue weighted by atomic mass is 16.5. The van der Waals surface area contributed by atoms with E-state index >= 15 is 0 Å². The second-order valence-electron chi connectivity index (χ2n) is 5.16. The molecule has 0 fully saturated rings. The zero-order chi connectivity index (χ0) is 16.7. The Kier molecular flexibility index (Phi) is 5.88. The fraction of sp³-hybridized carbons (Fsp3) is 0.222. The SMILES string of the molecule is CC(=O)Oc1ccccc1CNC(Cc1ccccc1)C(=O)O. The number of benzene rings is 2. The number of carboxylic acid groups (broad SMARTS) is 1. The molecule has 2 rings (SSSR count).